The number of nitrogens with zero attached hydrogens (tertiary/aromatic N) is 4. The Kier molecular flexibility index (Phi) is 6.85. The number of sulfonamides is 1. The van der Waals surface area contributed by atoms with E-state index in [0.29, 0.717) is 35.8 Å². The number of benzene rings is 1. The van der Waals surface area contributed by atoms with E-state index in [1.54, 1.807) is 13.8 Å². The lowest BCUT2D eigenvalue weighted by molar-refractivity contribution is 0.284. The summed E-state index contributed by atoms with van der Waals surface area (Å²) in [6.45, 7) is 4.51. The van der Waals surface area contributed by atoms with Gasteiger partial charge in [0.05, 0.1) is 5.52 Å². The van der Waals surface area contributed by atoms with Crippen LogP contribution < -0.4 is 14.9 Å². The van der Waals surface area contributed by atoms with Crippen LogP contribution in [-0.2, 0) is 10.0 Å². The summed E-state index contributed by atoms with van der Waals surface area (Å²) in [6, 6.07) is 8.03. The van der Waals surface area contributed by atoms with Gasteiger partial charge in [-0.2, -0.15) is 4.98 Å². The largest absolute Gasteiger partial charge is 0.362 e. The fourth-order valence-electron chi connectivity index (χ4n) is 4.51. The van der Waals surface area contributed by atoms with Gasteiger partial charge in [-0.05, 0) is 63.5 Å². The minimum Gasteiger partial charge on any atom is -0.362 e. The van der Waals surface area contributed by atoms with Crippen LogP contribution in [0, 0.1) is 25.7 Å². The minimum atomic E-state index is -3.61. The molecule has 33 heavy (non-hydrogen) atoms. The molecular weight excluding hydrogens is 440 g/mol. The second kappa shape index (κ2) is 9.64. The summed E-state index contributed by atoms with van der Waals surface area (Å²) in [5.41, 5.74) is 1.32. The van der Waals surface area contributed by atoms with Crippen molar-refractivity contribution in [2.24, 2.45) is 11.8 Å². The first-order valence-electron chi connectivity index (χ1n) is 11.3. The number of aromatic nitrogens is 3. The molecule has 178 valence electrons. The fourth-order valence-corrected chi connectivity index (χ4v) is 5.95. The second-order valence-electron chi connectivity index (χ2n) is 9.06. The smallest absolute Gasteiger partial charge is 0.245 e. The first-order valence-corrected chi connectivity index (χ1v) is 12.8. The van der Waals surface area contributed by atoms with Crippen molar-refractivity contribution < 1.29 is 12.9 Å². The molecular formula is C23H32N6O3S. The third-order valence-electron chi connectivity index (χ3n) is 6.32. The van der Waals surface area contributed by atoms with Gasteiger partial charge in [-0.3, -0.25) is 0 Å². The zero-order chi connectivity index (χ0) is 23.6. The van der Waals surface area contributed by atoms with E-state index in [9.17, 15) is 8.42 Å². The predicted molar refractivity (Wildman–Crippen MR) is 129 cm³/mol. The number of hydrogen-bond acceptors (Lipinski definition) is 8. The molecule has 1 aromatic carbocycles. The summed E-state index contributed by atoms with van der Waals surface area (Å²) < 4.78 is 33.0. The molecule has 1 saturated carbocycles. The van der Waals surface area contributed by atoms with Gasteiger partial charge in [0.25, 0.3) is 0 Å². The zero-order valence-corrected chi connectivity index (χ0v) is 20.4. The molecule has 3 aromatic rings. The van der Waals surface area contributed by atoms with Gasteiger partial charge in [0.15, 0.2) is 5.76 Å². The van der Waals surface area contributed by atoms with Gasteiger partial charge >= 0.3 is 0 Å². The van der Waals surface area contributed by atoms with Crippen molar-refractivity contribution in [3.8, 4) is 0 Å². The van der Waals surface area contributed by atoms with Crippen LogP contribution in [0.25, 0.3) is 10.9 Å². The SMILES string of the molecule is Cc1noc(C)c1S(=O)(=O)NCC1CCC(CNc2nc(N(C)C)c3ccccc3n2)CC1. The molecule has 0 bridgehead atoms. The van der Waals surface area contributed by atoms with Crippen LogP contribution in [0.5, 0.6) is 0 Å². The van der Waals surface area contributed by atoms with Crippen LogP contribution in [0.4, 0.5) is 11.8 Å². The molecule has 9 nitrogen and oxygen atoms in total. The summed E-state index contributed by atoms with van der Waals surface area (Å²) in [7, 11) is 0.366. The minimum absolute atomic E-state index is 0.160. The predicted octanol–water partition coefficient (Wildman–Crippen LogP) is 3.50. The van der Waals surface area contributed by atoms with Crippen LogP contribution in [0.15, 0.2) is 33.7 Å². The number of aryl methyl sites for hydroxylation is 2. The number of para-hydroxylation sites is 1. The molecule has 1 aliphatic rings. The van der Waals surface area contributed by atoms with Crippen molar-refractivity contribution in [1.29, 1.82) is 0 Å². The maximum Gasteiger partial charge on any atom is 0.245 e. The first kappa shape index (κ1) is 23.4. The Morgan fingerprint density at radius 1 is 1.03 bits per heavy atom. The van der Waals surface area contributed by atoms with E-state index >= 15 is 0 Å². The average molecular weight is 473 g/mol. The normalized spacial score (nSPS) is 19.0. The van der Waals surface area contributed by atoms with Crippen molar-refractivity contribution >= 4 is 32.7 Å². The third kappa shape index (κ3) is 5.27. The van der Waals surface area contributed by atoms with Crippen LogP contribution in [0.1, 0.15) is 37.1 Å². The monoisotopic (exact) mass is 472 g/mol. The van der Waals surface area contributed by atoms with Crippen LogP contribution >= 0.6 is 0 Å². The Labute approximate surface area is 195 Å². The summed E-state index contributed by atoms with van der Waals surface area (Å²) in [5.74, 6) is 2.71. The number of hydrogen-bond donors (Lipinski definition) is 2. The molecule has 10 heteroatoms. The van der Waals surface area contributed by atoms with E-state index in [1.807, 2.05) is 43.3 Å². The number of fused-ring (bicyclic) bond motifs is 1. The van der Waals surface area contributed by atoms with E-state index < -0.39 is 10.0 Å². The first-order chi connectivity index (χ1) is 15.7. The number of anilines is 2. The quantitative estimate of drug-likeness (QED) is 0.512. The molecule has 4 rings (SSSR count). The highest BCUT2D eigenvalue weighted by Gasteiger charge is 2.27. The molecule has 1 fully saturated rings. The van der Waals surface area contributed by atoms with Crippen LogP contribution in [0.3, 0.4) is 0 Å². The van der Waals surface area contributed by atoms with Gasteiger partial charge in [-0.1, -0.05) is 17.3 Å². The maximum atomic E-state index is 12.6. The van der Waals surface area contributed by atoms with E-state index in [0.717, 1.165) is 48.9 Å². The van der Waals surface area contributed by atoms with Gasteiger partial charge in [0.2, 0.25) is 16.0 Å². The van der Waals surface area contributed by atoms with Gasteiger partial charge in [0, 0.05) is 32.6 Å². The van der Waals surface area contributed by atoms with E-state index in [2.05, 4.69) is 20.2 Å². The van der Waals surface area contributed by atoms with E-state index in [4.69, 9.17) is 9.51 Å². The molecule has 0 amide bonds. The molecule has 2 heterocycles. The summed E-state index contributed by atoms with van der Waals surface area (Å²) in [4.78, 5) is 11.5. The van der Waals surface area contributed by atoms with Gasteiger partial charge < -0.3 is 14.7 Å². The molecule has 2 aromatic heterocycles. The molecule has 0 saturated heterocycles. The topological polar surface area (TPSA) is 113 Å². The summed E-state index contributed by atoms with van der Waals surface area (Å²) >= 11 is 0. The number of rotatable bonds is 8. The van der Waals surface area contributed by atoms with E-state index in [-0.39, 0.29) is 4.90 Å². The maximum absolute atomic E-state index is 12.6. The average Bonchev–Trinajstić information content (AvgIpc) is 3.15. The van der Waals surface area contributed by atoms with Gasteiger partial charge in [-0.25, -0.2) is 18.1 Å². The summed E-state index contributed by atoms with van der Waals surface area (Å²) in [5, 5.41) is 8.21. The van der Waals surface area contributed by atoms with Gasteiger partial charge in [0.1, 0.15) is 16.4 Å². The lowest BCUT2D eigenvalue weighted by Crippen LogP contribution is -2.32. The van der Waals surface area contributed by atoms with E-state index in [1.165, 1.54) is 0 Å². The molecule has 2 N–H and O–H groups in total. The number of nitrogens with one attached hydrogen (secondary N) is 2. The van der Waals surface area contributed by atoms with Crippen molar-refractivity contribution in [3.05, 3.63) is 35.7 Å². The molecule has 0 spiro atoms. The van der Waals surface area contributed by atoms with Crippen molar-refractivity contribution in [1.82, 2.24) is 19.8 Å². The van der Waals surface area contributed by atoms with Crippen molar-refractivity contribution in [2.45, 2.75) is 44.4 Å². The highest BCUT2D eigenvalue weighted by atomic mass is 32.2. The second-order valence-corrected chi connectivity index (χ2v) is 10.8. The lowest BCUT2D eigenvalue weighted by atomic mass is 9.82. The molecule has 1 aliphatic carbocycles. The standard InChI is InChI=1S/C23H32N6O3S/c1-15-21(16(2)32-28-15)33(30,31)25-14-18-11-9-17(10-12-18)13-24-23-26-20-8-6-5-7-19(20)22(27-23)29(3)4/h5-8,17-18,25H,9-14H2,1-4H3,(H,24,26,27). The van der Waals surface area contributed by atoms with Crippen molar-refractivity contribution in [2.75, 3.05) is 37.4 Å². The Morgan fingerprint density at radius 3 is 2.33 bits per heavy atom. The van der Waals surface area contributed by atoms with Crippen LogP contribution in [-0.4, -0.2) is 50.7 Å². The lowest BCUT2D eigenvalue weighted by Gasteiger charge is -2.28. The zero-order valence-electron chi connectivity index (χ0n) is 19.6. The summed E-state index contributed by atoms with van der Waals surface area (Å²) in [6.07, 6.45) is 4.05. The highest BCUT2D eigenvalue weighted by molar-refractivity contribution is 7.89. The molecule has 0 aliphatic heterocycles. The van der Waals surface area contributed by atoms with Crippen LogP contribution in [0.2, 0.25) is 0 Å². The Morgan fingerprint density at radius 2 is 1.70 bits per heavy atom. The van der Waals surface area contributed by atoms with Crippen molar-refractivity contribution in [3.63, 3.8) is 0 Å². The Balaban J connectivity index is 1.30. The third-order valence-corrected chi connectivity index (χ3v) is 7.99. The molecule has 0 unspecified atom stereocenters. The molecule has 0 atom stereocenters. The molecule has 0 radical (unpaired) electrons. The van der Waals surface area contributed by atoms with Gasteiger partial charge in [-0.15, -0.1) is 0 Å². The highest BCUT2D eigenvalue weighted by Crippen LogP contribution is 2.30. The Hall–Kier alpha value is -2.72. The Bertz CT molecular complexity index is 1200. The fraction of sp³-hybridized carbons (Fsp3) is 0.522.